The lowest BCUT2D eigenvalue weighted by Gasteiger charge is -2.10. The maximum Gasteiger partial charge on any atom is 0.268 e. The zero-order chi connectivity index (χ0) is 14.0. The Kier molecular flexibility index (Phi) is 3.76. The van der Waals surface area contributed by atoms with Gasteiger partial charge in [-0.05, 0) is 24.3 Å². The van der Waals surface area contributed by atoms with E-state index >= 15 is 0 Å². The predicted molar refractivity (Wildman–Crippen MR) is 74.3 cm³/mol. The molecule has 2 N–H and O–H groups in total. The van der Waals surface area contributed by atoms with Crippen molar-refractivity contribution < 1.29 is 9.59 Å². The highest BCUT2D eigenvalue weighted by molar-refractivity contribution is 6.31. The first kappa shape index (κ1) is 13.4. The van der Waals surface area contributed by atoms with Crippen molar-refractivity contribution in [1.29, 1.82) is 0 Å². The van der Waals surface area contributed by atoms with Crippen LogP contribution in [-0.2, 0) is 4.79 Å². The molecular weight excluding hydrogens is 266 g/mol. The van der Waals surface area contributed by atoms with Gasteiger partial charge in [-0.25, -0.2) is 0 Å². The first-order valence-corrected chi connectivity index (χ1v) is 6.12. The van der Waals surface area contributed by atoms with Crippen molar-refractivity contribution in [2.75, 3.05) is 20.6 Å². The Morgan fingerprint density at radius 1 is 1.32 bits per heavy atom. The van der Waals surface area contributed by atoms with Gasteiger partial charge in [0.05, 0.1) is 6.54 Å². The average Bonchev–Trinajstić information content (AvgIpc) is 2.78. The number of aromatic amines is 1. The van der Waals surface area contributed by atoms with Crippen LogP contribution in [-0.4, -0.2) is 42.3 Å². The van der Waals surface area contributed by atoms with Crippen molar-refractivity contribution in [3.63, 3.8) is 0 Å². The van der Waals surface area contributed by atoms with Crippen LogP contribution in [0.1, 0.15) is 10.5 Å². The zero-order valence-corrected chi connectivity index (χ0v) is 11.4. The van der Waals surface area contributed by atoms with Gasteiger partial charge in [-0.15, -0.1) is 0 Å². The molecule has 1 heterocycles. The number of halogens is 1. The van der Waals surface area contributed by atoms with Gasteiger partial charge in [0.15, 0.2) is 0 Å². The molecule has 2 rings (SSSR count). The number of nitrogens with one attached hydrogen (secondary N) is 2. The molecule has 100 valence electrons. The molecule has 2 amide bonds. The second-order valence-corrected chi connectivity index (χ2v) is 4.82. The van der Waals surface area contributed by atoms with Crippen molar-refractivity contribution in [3.05, 3.63) is 35.0 Å². The Balaban J connectivity index is 2.11. The van der Waals surface area contributed by atoms with E-state index in [1.54, 1.807) is 38.4 Å². The maximum atomic E-state index is 11.9. The quantitative estimate of drug-likeness (QED) is 0.897. The first-order chi connectivity index (χ1) is 8.97. The largest absolute Gasteiger partial charge is 0.351 e. The SMILES string of the molecule is CN(C)C(=O)CNC(=O)c1cc2cc(Cl)ccc2[nH]1. The third kappa shape index (κ3) is 3.06. The average molecular weight is 280 g/mol. The van der Waals surface area contributed by atoms with Gasteiger partial charge in [0.2, 0.25) is 5.91 Å². The third-order valence-corrected chi connectivity index (χ3v) is 2.96. The fraction of sp³-hybridized carbons (Fsp3) is 0.231. The monoisotopic (exact) mass is 279 g/mol. The minimum atomic E-state index is -0.317. The summed E-state index contributed by atoms with van der Waals surface area (Å²) in [5.74, 6) is -0.477. The number of carbonyl (C=O) groups is 2. The first-order valence-electron chi connectivity index (χ1n) is 5.74. The number of hydrogen-bond donors (Lipinski definition) is 2. The van der Waals surface area contributed by atoms with E-state index in [2.05, 4.69) is 10.3 Å². The summed E-state index contributed by atoms with van der Waals surface area (Å²) >= 11 is 5.88. The number of H-pyrrole nitrogens is 1. The molecule has 0 saturated heterocycles. The second-order valence-electron chi connectivity index (χ2n) is 4.39. The molecule has 1 aromatic carbocycles. The lowest BCUT2D eigenvalue weighted by Crippen LogP contribution is -2.36. The van der Waals surface area contributed by atoms with Gasteiger partial charge in [0.25, 0.3) is 5.91 Å². The number of fused-ring (bicyclic) bond motifs is 1. The standard InChI is InChI=1S/C13H14ClN3O2/c1-17(2)12(18)7-15-13(19)11-6-8-5-9(14)3-4-10(8)16-11/h3-6,16H,7H2,1-2H3,(H,15,19). The molecule has 19 heavy (non-hydrogen) atoms. The van der Waals surface area contributed by atoms with Crippen LogP contribution in [0.5, 0.6) is 0 Å². The topological polar surface area (TPSA) is 65.2 Å². The van der Waals surface area contributed by atoms with Crippen molar-refractivity contribution in [1.82, 2.24) is 15.2 Å². The summed E-state index contributed by atoms with van der Waals surface area (Å²) < 4.78 is 0. The summed E-state index contributed by atoms with van der Waals surface area (Å²) in [6, 6.07) is 7.03. The van der Waals surface area contributed by atoms with E-state index in [-0.39, 0.29) is 18.4 Å². The number of nitrogens with zero attached hydrogens (tertiary/aromatic N) is 1. The van der Waals surface area contributed by atoms with E-state index in [1.807, 2.05) is 0 Å². The highest BCUT2D eigenvalue weighted by Crippen LogP contribution is 2.19. The number of likely N-dealkylation sites (N-methyl/N-ethyl adjacent to an activating group) is 1. The molecule has 0 aliphatic heterocycles. The molecule has 0 aliphatic rings. The van der Waals surface area contributed by atoms with E-state index in [9.17, 15) is 9.59 Å². The molecule has 5 nitrogen and oxygen atoms in total. The number of hydrogen-bond acceptors (Lipinski definition) is 2. The van der Waals surface area contributed by atoms with Crippen LogP contribution in [0.3, 0.4) is 0 Å². The minimum Gasteiger partial charge on any atom is -0.351 e. The van der Waals surface area contributed by atoms with Crippen LogP contribution in [0.15, 0.2) is 24.3 Å². The van der Waals surface area contributed by atoms with E-state index in [1.165, 1.54) is 4.90 Å². The smallest absolute Gasteiger partial charge is 0.268 e. The van der Waals surface area contributed by atoms with Crippen LogP contribution in [0.2, 0.25) is 5.02 Å². The zero-order valence-electron chi connectivity index (χ0n) is 10.7. The minimum absolute atomic E-state index is 0.0258. The normalized spacial score (nSPS) is 10.5. The highest BCUT2D eigenvalue weighted by Gasteiger charge is 2.11. The van der Waals surface area contributed by atoms with Gasteiger partial charge in [-0.2, -0.15) is 0 Å². The number of benzene rings is 1. The van der Waals surface area contributed by atoms with Crippen molar-refractivity contribution in [2.24, 2.45) is 0 Å². The van der Waals surface area contributed by atoms with Gasteiger partial charge in [0, 0.05) is 30.0 Å². The van der Waals surface area contributed by atoms with Crippen LogP contribution in [0.4, 0.5) is 0 Å². The Morgan fingerprint density at radius 3 is 2.74 bits per heavy atom. The molecule has 2 aromatic rings. The molecule has 0 atom stereocenters. The Hall–Kier alpha value is -2.01. The molecule has 0 bridgehead atoms. The number of carbonyl (C=O) groups excluding carboxylic acids is 2. The fourth-order valence-electron chi connectivity index (χ4n) is 1.64. The molecule has 0 spiro atoms. The Bertz CT molecular complexity index is 634. The van der Waals surface area contributed by atoms with Gasteiger partial charge >= 0.3 is 0 Å². The van der Waals surface area contributed by atoms with Crippen LogP contribution >= 0.6 is 11.6 Å². The molecule has 0 saturated carbocycles. The van der Waals surface area contributed by atoms with E-state index in [4.69, 9.17) is 11.6 Å². The summed E-state index contributed by atoms with van der Waals surface area (Å²) in [6.45, 7) is -0.0258. The molecule has 1 aromatic heterocycles. The molecule has 0 fully saturated rings. The van der Waals surface area contributed by atoms with Crippen LogP contribution in [0.25, 0.3) is 10.9 Å². The van der Waals surface area contributed by atoms with Gasteiger partial charge in [0.1, 0.15) is 5.69 Å². The molecular formula is C13H14ClN3O2. The van der Waals surface area contributed by atoms with E-state index in [0.29, 0.717) is 10.7 Å². The van der Waals surface area contributed by atoms with Crippen molar-refractivity contribution in [2.45, 2.75) is 0 Å². The molecule has 0 radical (unpaired) electrons. The highest BCUT2D eigenvalue weighted by atomic mass is 35.5. The summed E-state index contributed by atoms with van der Waals surface area (Å²) in [6.07, 6.45) is 0. The molecule has 0 aliphatic carbocycles. The van der Waals surface area contributed by atoms with Crippen LogP contribution in [0, 0.1) is 0 Å². The Morgan fingerprint density at radius 2 is 2.05 bits per heavy atom. The number of amides is 2. The van der Waals surface area contributed by atoms with E-state index < -0.39 is 0 Å². The summed E-state index contributed by atoms with van der Waals surface area (Å²) in [4.78, 5) is 27.7. The fourth-order valence-corrected chi connectivity index (χ4v) is 1.82. The summed E-state index contributed by atoms with van der Waals surface area (Å²) in [7, 11) is 3.28. The Labute approximate surface area is 115 Å². The summed E-state index contributed by atoms with van der Waals surface area (Å²) in [5, 5.41) is 4.03. The van der Waals surface area contributed by atoms with Gasteiger partial charge in [-0.3, -0.25) is 9.59 Å². The second kappa shape index (κ2) is 5.32. The van der Waals surface area contributed by atoms with Crippen LogP contribution < -0.4 is 5.32 Å². The van der Waals surface area contributed by atoms with Crippen molar-refractivity contribution >= 4 is 34.3 Å². The lowest BCUT2D eigenvalue weighted by atomic mass is 10.2. The molecule has 0 unspecified atom stereocenters. The molecule has 6 heteroatoms. The lowest BCUT2D eigenvalue weighted by molar-refractivity contribution is -0.127. The van der Waals surface area contributed by atoms with Gasteiger partial charge in [-0.1, -0.05) is 11.6 Å². The summed E-state index contributed by atoms with van der Waals surface area (Å²) in [5.41, 5.74) is 1.23. The van der Waals surface area contributed by atoms with Gasteiger partial charge < -0.3 is 15.2 Å². The third-order valence-electron chi connectivity index (χ3n) is 2.73. The van der Waals surface area contributed by atoms with E-state index in [0.717, 1.165) is 10.9 Å². The maximum absolute atomic E-state index is 11.9. The van der Waals surface area contributed by atoms with Crippen molar-refractivity contribution in [3.8, 4) is 0 Å². The number of aromatic nitrogens is 1. The predicted octanol–water partition coefficient (Wildman–Crippen LogP) is 1.64. The number of rotatable bonds is 3.